The Morgan fingerprint density at radius 1 is 1.09 bits per heavy atom. The quantitative estimate of drug-likeness (QED) is 0.494. The SMILES string of the molecule is C/C(=N\Nc1nc(-c2ccc(Cl)cc2)cs1)c1ccc(C)cc1. The minimum Gasteiger partial charge on any atom is -0.252 e. The van der Waals surface area contributed by atoms with Gasteiger partial charge in [-0.3, -0.25) is 5.43 Å². The van der Waals surface area contributed by atoms with E-state index in [4.69, 9.17) is 11.6 Å². The highest BCUT2D eigenvalue weighted by molar-refractivity contribution is 7.14. The third-order valence-corrected chi connectivity index (χ3v) is 4.43. The van der Waals surface area contributed by atoms with Crippen LogP contribution >= 0.6 is 22.9 Å². The van der Waals surface area contributed by atoms with Crippen molar-refractivity contribution in [1.29, 1.82) is 0 Å². The molecule has 0 unspecified atom stereocenters. The van der Waals surface area contributed by atoms with E-state index in [0.717, 1.165) is 32.7 Å². The van der Waals surface area contributed by atoms with Crippen LogP contribution in [0.5, 0.6) is 0 Å². The van der Waals surface area contributed by atoms with Crippen LogP contribution in [0.25, 0.3) is 11.3 Å². The number of hydrogen-bond acceptors (Lipinski definition) is 4. The fourth-order valence-electron chi connectivity index (χ4n) is 2.07. The smallest absolute Gasteiger partial charge is 0.203 e. The molecule has 0 aliphatic carbocycles. The van der Waals surface area contributed by atoms with Crippen molar-refractivity contribution in [1.82, 2.24) is 4.98 Å². The van der Waals surface area contributed by atoms with Gasteiger partial charge >= 0.3 is 0 Å². The van der Waals surface area contributed by atoms with Gasteiger partial charge in [0.15, 0.2) is 0 Å². The molecule has 3 rings (SSSR count). The van der Waals surface area contributed by atoms with Gasteiger partial charge in [0.25, 0.3) is 0 Å². The first-order valence-corrected chi connectivity index (χ1v) is 8.46. The lowest BCUT2D eigenvalue weighted by molar-refractivity contribution is 1.27. The van der Waals surface area contributed by atoms with Crippen LogP contribution in [0.2, 0.25) is 5.02 Å². The Morgan fingerprint density at radius 2 is 1.78 bits per heavy atom. The van der Waals surface area contributed by atoms with Crippen LogP contribution in [0, 0.1) is 6.92 Å². The molecule has 0 atom stereocenters. The number of nitrogens with one attached hydrogen (secondary N) is 1. The van der Waals surface area contributed by atoms with Crippen LogP contribution in [0.3, 0.4) is 0 Å². The summed E-state index contributed by atoms with van der Waals surface area (Å²) >= 11 is 7.43. The number of anilines is 1. The molecule has 0 saturated heterocycles. The summed E-state index contributed by atoms with van der Waals surface area (Å²) in [6.45, 7) is 4.05. The second kappa shape index (κ2) is 6.94. The zero-order valence-corrected chi connectivity index (χ0v) is 14.4. The molecule has 0 saturated carbocycles. The normalized spacial score (nSPS) is 11.5. The predicted octanol–water partition coefficient (Wildman–Crippen LogP) is 5.61. The summed E-state index contributed by atoms with van der Waals surface area (Å²) in [6, 6.07) is 15.9. The van der Waals surface area contributed by atoms with E-state index in [2.05, 4.69) is 46.7 Å². The van der Waals surface area contributed by atoms with E-state index < -0.39 is 0 Å². The molecule has 1 heterocycles. The molecule has 3 nitrogen and oxygen atoms in total. The Labute approximate surface area is 144 Å². The van der Waals surface area contributed by atoms with E-state index in [1.54, 1.807) is 0 Å². The first kappa shape index (κ1) is 15.7. The van der Waals surface area contributed by atoms with Gasteiger partial charge in [-0.05, 0) is 31.5 Å². The largest absolute Gasteiger partial charge is 0.252 e. The molecule has 0 amide bonds. The maximum atomic E-state index is 5.91. The van der Waals surface area contributed by atoms with E-state index >= 15 is 0 Å². The third-order valence-electron chi connectivity index (χ3n) is 3.43. The van der Waals surface area contributed by atoms with Gasteiger partial charge in [-0.15, -0.1) is 11.3 Å². The van der Waals surface area contributed by atoms with E-state index in [1.807, 2.05) is 36.6 Å². The molecule has 116 valence electrons. The zero-order chi connectivity index (χ0) is 16.2. The van der Waals surface area contributed by atoms with Gasteiger partial charge in [0.05, 0.1) is 11.4 Å². The molecule has 3 aromatic rings. The Morgan fingerprint density at radius 3 is 2.48 bits per heavy atom. The second-order valence-electron chi connectivity index (χ2n) is 5.22. The summed E-state index contributed by atoms with van der Waals surface area (Å²) in [4.78, 5) is 4.55. The van der Waals surface area contributed by atoms with Crippen LogP contribution in [0.4, 0.5) is 5.13 Å². The first-order chi connectivity index (χ1) is 11.1. The number of aromatic nitrogens is 1. The predicted molar refractivity (Wildman–Crippen MR) is 99.6 cm³/mol. The van der Waals surface area contributed by atoms with Gasteiger partial charge in [-0.2, -0.15) is 5.10 Å². The minimum absolute atomic E-state index is 0.723. The Balaban J connectivity index is 1.72. The van der Waals surface area contributed by atoms with Gasteiger partial charge in [0, 0.05) is 16.0 Å². The van der Waals surface area contributed by atoms with E-state index in [9.17, 15) is 0 Å². The highest BCUT2D eigenvalue weighted by Gasteiger charge is 2.04. The van der Waals surface area contributed by atoms with E-state index in [-0.39, 0.29) is 0 Å². The lowest BCUT2D eigenvalue weighted by atomic mass is 10.1. The van der Waals surface area contributed by atoms with Crippen molar-refractivity contribution >= 4 is 33.8 Å². The van der Waals surface area contributed by atoms with Crippen LogP contribution in [-0.4, -0.2) is 10.7 Å². The summed E-state index contributed by atoms with van der Waals surface area (Å²) in [7, 11) is 0. The zero-order valence-electron chi connectivity index (χ0n) is 12.9. The lowest BCUT2D eigenvalue weighted by Gasteiger charge is -2.02. The second-order valence-corrected chi connectivity index (χ2v) is 6.51. The Kier molecular flexibility index (Phi) is 4.74. The molecule has 0 aliphatic heterocycles. The molecule has 23 heavy (non-hydrogen) atoms. The Hall–Kier alpha value is -2.17. The summed E-state index contributed by atoms with van der Waals surface area (Å²) in [6.07, 6.45) is 0. The lowest BCUT2D eigenvalue weighted by Crippen LogP contribution is -1.99. The van der Waals surface area contributed by atoms with Gasteiger partial charge in [0.2, 0.25) is 5.13 Å². The molecule has 0 spiro atoms. The highest BCUT2D eigenvalue weighted by atomic mass is 35.5. The fraction of sp³-hybridized carbons (Fsp3) is 0.111. The average molecular weight is 342 g/mol. The van der Waals surface area contributed by atoms with Gasteiger partial charge in [-0.25, -0.2) is 4.98 Å². The van der Waals surface area contributed by atoms with Gasteiger partial charge in [0.1, 0.15) is 0 Å². The number of thiazole rings is 1. The molecular weight excluding hydrogens is 326 g/mol. The molecule has 1 N–H and O–H groups in total. The van der Waals surface area contributed by atoms with Crippen LogP contribution in [-0.2, 0) is 0 Å². The van der Waals surface area contributed by atoms with Crippen LogP contribution in [0.15, 0.2) is 59.0 Å². The molecular formula is C18H16ClN3S. The number of rotatable bonds is 4. The summed E-state index contributed by atoms with van der Waals surface area (Å²) in [5, 5.41) is 7.90. The summed E-state index contributed by atoms with van der Waals surface area (Å²) < 4.78 is 0. The van der Waals surface area contributed by atoms with Crippen LogP contribution < -0.4 is 5.43 Å². The highest BCUT2D eigenvalue weighted by Crippen LogP contribution is 2.26. The minimum atomic E-state index is 0.723. The molecule has 0 radical (unpaired) electrons. The van der Waals surface area contributed by atoms with Crippen molar-refractivity contribution in [3.05, 3.63) is 70.1 Å². The Bertz CT molecular complexity index is 820. The molecule has 5 heteroatoms. The van der Waals surface area contributed by atoms with Crippen molar-refractivity contribution in [2.75, 3.05) is 5.43 Å². The number of benzene rings is 2. The van der Waals surface area contributed by atoms with Crippen molar-refractivity contribution < 1.29 is 0 Å². The number of hydrazone groups is 1. The van der Waals surface area contributed by atoms with Crippen LogP contribution in [0.1, 0.15) is 18.1 Å². The molecule has 0 bridgehead atoms. The summed E-state index contributed by atoms with van der Waals surface area (Å²) in [5.74, 6) is 0. The molecule has 1 aromatic heterocycles. The standard InChI is InChI=1S/C18H16ClN3S/c1-12-3-5-14(6-4-12)13(2)21-22-18-20-17(11-23-18)15-7-9-16(19)10-8-15/h3-11H,1-2H3,(H,20,22)/b21-13+. The van der Waals surface area contributed by atoms with E-state index in [0.29, 0.717) is 0 Å². The summed E-state index contributed by atoms with van der Waals surface area (Å²) in [5.41, 5.74) is 8.24. The third kappa shape index (κ3) is 3.97. The number of nitrogens with zero attached hydrogens (tertiary/aromatic N) is 2. The molecule has 0 aliphatic rings. The number of aryl methyl sites for hydroxylation is 1. The van der Waals surface area contributed by atoms with Crippen molar-refractivity contribution in [3.63, 3.8) is 0 Å². The van der Waals surface area contributed by atoms with Crippen molar-refractivity contribution in [3.8, 4) is 11.3 Å². The topological polar surface area (TPSA) is 37.3 Å². The maximum Gasteiger partial charge on any atom is 0.203 e. The maximum absolute atomic E-state index is 5.91. The monoisotopic (exact) mass is 341 g/mol. The van der Waals surface area contributed by atoms with E-state index in [1.165, 1.54) is 16.9 Å². The number of halogens is 1. The first-order valence-electron chi connectivity index (χ1n) is 7.20. The fourth-order valence-corrected chi connectivity index (χ4v) is 2.86. The molecule has 2 aromatic carbocycles. The number of hydrogen-bond donors (Lipinski definition) is 1. The van der Waals surface area contributed by atoms with Crippen molar-refractivity contribution in [2.24, 2.45) is 5.10 Å². The van der Waals surface area contributed by atoms with Gasteiger partial charge in [-0.1, -0.05) is 53.6 Å². The van der Waals surface area contributed by atoms with Crippen molar-refractivity contribution in [2.45, 2.75) is 13.8 Å². The van der Waals surface area contributed by atoms with Gasteiger partial charge < -0.3 is 0 Å². The average Bonchev–Trinajstić information content (AvgIpc) is 3.03. The molecule has 0 fully saturated rings.